The van der Waals surface area contributed by atoms with Crippen LogP contribution < -0.4 is 10.2 Å². The minimum Gasteiger partial charge on any atom is -0.372 e. The number of hydrogen-bond acceptors (Lipinski definition) is 4. The van der Waals surface area contributed by atoms with Crippen molar-refractivity contribution < 1.29 is 0 Å². The number of halogens is 1. The van der Waals surface area contributed by atoms with Crippen molar-refractivity contribution in [3.05, 3.63) is 40.1 Å². The zero-order chi connectivity index (χ0) is 14.0. The van der Waals surface area contributed by atoms with Crippen molar-refractivity contribution in [3.63, 3.8) is 0 Å². The van der Waals surface area contributed by atoms with Crippen LogP contribution in [0.2, 0.25) is 0 Å². The maximum absolute atomic E-state index is 4.35. The van der Waals surface area contributed by atoms with E-state index in [4.69, 9.17) is 0 Å². The third-order valence-corrected chi connectivity index (χ3v) is 3.65. The van der Waals surface area contributed by atoms with Gasteiger partial charge >= 0.3 is 0 Å². The minimum atomic E-state index is 0.779. The Hall–Kier alpha value is -1.62. The first-order valence-corrected chi connectivity index (χ1v) is 6.82. The van der Waals surface area contributed by atoms with Crippen molar-refractivity contribution in [3.8, 4) is 0 Å². The second-order valence-electron chi connectivity index (χ2n) is 4.51. The van der Waals surface area contributed by atoms with Crippen molar-refractivity contribution >= 4 is 33.3 Å². The summed E-state index contributed by atoms with van der Waals surface area (Å²) in [6, 6.07) is 6.44. The monoisotopic (exact) mass is 320 g/mol. The van der Waals surface area contributed by atoms with E-state index in [-0.39, 0.29) is 0 Å². The van der Waals surface area contributed by atoms with E-state index in [1.165, 1.54) is 11.1 Å². The molecule has 0 amide bonds. The van der Waals surface area contributed by atoms with Gasteiger partial charge in [0.15, 0.2) is 5.82 Å². The number of benzene rings is 1. The van der Waals surface area contributed by atoms with Gasteiger partial charge in [-0.1, -0.05) is 6.07 Å². The van der Waals surface area contributed by atoms with Gasteiger partial charge in [-0.25, -0.2) is 9.97 Å². The number of aryl methyl sites for hydroxylation is 2. The van der Waals surface area contributed by atoms with Gasteiger partial charge < -0.3 is 10.2 Å². The summed E-state index contributed by atoms with van der Waals surface area (Å²) in [7, 11) is 3.84. The zero-order valence-corrected chi connectivity index (χ0v) is 13.1. The molecule has 19 heavy (non-hydrogen) atoms. The number of rotatable bonds is 3. The van der Waals surface area contributed by atoms with E-state index in [1.54, 1.807) is 6.33 Å². The molecule has 0 aliphatic rings. The van der Waals surface area contributed by atoms with Gasteiger partial charge in [0, 0.05) is 19.8 Å². The standard InChI is InChI=1S/C14H17BrN4/c1-9-5-10(2)7-11(6-9)19(4)14-12(15)13(16-3)17-8-18-14/h5-8H,1-4H3,(H,16,17,18). The Bertz CT molecular complexity index is 578. The third-order valence-electron chi connectivity index (χ3n) is 2.92. The summed E-state index contributed by atoms with van der Waals surface area (Å²) in [5, 5.41) is 3.04. The van der Waals surface area contributed by atoms with E-state index >= 15 is 0 Å². The number of hydrogen-bond donors (Lipinski definition) is 1. The summed E-state index contributed by atoms with van der Waals surface area (Å²) in [4.78, 5) is 10.6. The highest BCUT2D eigenvalue weighted by molar-refractivity contribution is 9.10. The summed E-state index contributed by atoms with van der Waals surface area (Å²) in [5.74, 6) is 1.62. The topological polar surface area (TPSA) is 41.1 Å². The molecule has 100 valence electrons. The smallest absolute Gasteiger partial charge is 0.152 e. The molecule has 0 atom stereocenters. The van der Waals surface area contributed by atoms with E-state index < -0.39 is 0 Å². The predicted molar refractivity (Wildman–Crippen MR) is 83.3 cm³/mol. The fraction of sp³-hybridized carbons (Fsp3) is 0.286. The first-order valence-electron chi connectivity index (χ1n) is 6.03. The molecule has 2 rings (SSSR count). The first kappa shape index (κ1) is 13.8. The van der Waals surface area contributed by atoms with Crippen LogP contribution in [0.3, 0.4) is 0 Å². The Morgan fingerprint density at radius 1 is 1.11 bits per heavy atom. The molecule has 2 aromatic rings. The highest BCUT2D eigenvalue weighted by Gasteiger charge is 2.13. The number of nitrogens with one attached hydrogen (secondary N) is 1. The maximum Gasteiger partial charge on any atom is 0.152 e. The highest BCUT2D eigenvalue weighted by atomic mass is 79.9. The van der Waals surface area contributed by atoms with Crippen LogP contribution in [-0.4, -0.2) is 24.1 Å². The van der Waals surface area contributed by atoms with Crippen molar-refractivity contribution in [2.45, 2.75) is 13.8 Å². The predicted octanol–water partition coefficient (Wildman–Crippen LogP) is 3.67. The third kappa shape index (κ3) is 2.87. The normalized spacial score (nSPS) is 10.4. The van der Waals surface area contributed by atoms with Gasteiger partial charge in [0.1, 0.15) is 16.6 Å². The Kier molecular flexibility index (Phi) is 4.04. The van der Waals surface area contributed by atoms with Gasteiger partial charge in [-0.05, 0) is 53.0 Å². The lowest BCUT2D eigenvalue weighted by Gasteiger charge is -2.21. The quantitative estimate of drug-likeness (QED) is 0.936. The van der Waals surface area contributed by atoms with Crippen molar-refractivity contribution in [2.75, 3.05) is 24.3 Å². The number of nitrogens with zero attached hydrogens (tertiary/aromatic N) is 3. The van der Waals surface area contributed by atoms with Crippen LogP contribution in [-0.2, 0) is 0 Å². The van der Waals surface area contributed by atoms with Crippen LogP contribution in [0.1, 0.15) is 11.1 Å². The molecule has 4 nitrogen and oxygen atoms in total. The SMILES string of the molecule is CNc1ncnc(N(C)c2cc(C)cc(C)c2)c1Br. The molecule has 1 N–H and O–H groups in total. The molecule has 0 saturated carbocycles. The molecule has 5 heteroatoms. The maximum atomic E-state index is 4.35. The van der Waals surface area contributed by atoms with Gasteiger partial charge in [-0.15, -0.1) is 0 Å². The molecular formula is C14H17BrN4. The molecule has 0 saturated heterocycles. The van der Waals surface area contributed by atoms with Gasteiger partial charge in [0.2, 0.25) is 0 Å². The van der Waals surface area contributed by atoms with E-state index in [0.717, 1.165) is 21.8 Å². The molecule has 0 aliphatic carbocycles. The largest absolute Gasteiger partial charge is 0.372 e. The summed E-state index contributed by atoms with van der Waals surface area (Å²) in [6.45, 7) is 4.19. The molecule has 0 fully saturated rings. The fourth-order valence-electron chi connectivity index (χ4n) is 2.04. The first-order chi connectivity index (χ1) is 9.02. The van der Waals surface area contributed by atoms with Crippen molar-refractivity contribution in [1.82, 2.24) is 9.97 Å². The van der Waals surface area contributed by atoms with Crippen molar-refractivity contribution in [2.24, 2.45) is 0 Å². The number of aromatic nitrogens is 2. The average molecular weight is 321 g/mol. The molecule has 1 aromatic heterocycles. The average Bonchev–Trinajstić information content (AvgIpc) is 2.37. The van der Waals surface area contributed by atoms with Gasteiger partial charge in [-0.3, -0.25) is 0 Å². The van der Waals surface area contributed by atoms with Gasteiger partial charge in [-0.2, -0.15) is 0 Å². The highest BCUT2D eigenvalue weighted by Crippen LogP contribution is 2.33. The summed E-state index contributed by atoms with van der Waals surface area (Å²) in [5.41, 5.74) is 3.58. The van der Waals surface area contributed by atoms with Crippen LogP contribution in [0.25, 0.3) is 0 Å². The Morgan fingerprint density at radius 3 is 2.32 bits per heavy atom. The molecule has 0 radical (unpaired) electrons. The van der Waals surface area contributed by atoms with Crippen LogP contribution in [0.15, 0.2) is 29.0 Å². The lowest BCUT2D eigenvalue weighted by molar-refractivity contribution is 1.06. The van der Waals surface area contributed by atoms with Crippen LogP contribution in [0.5, 0.6) is 0 Å². The molecular weight excluding hydrogens is 304 g/mol. The molecule has 0 bridgehead atoms. The second-order valence-corrected chi connectivity index (χ2v) is 5.31. The fourth-order valence-corrected chi connectivity index (χ4v) is 2.70. The second kappa shape index (κ2) is 5.57. The summed E-state index contributed by atoms with van der Waals surface area (Å²) in [6.07, 6.45) is 1.56. The molecule has 0 unspecified atom stereocenters. The Balaban J connectivity index is 2.46. The summed E-state index contributed by atoms with van der Waals surface area (Å²) >= 11 is 3.55. The molecule has 1 aromatic carbocycles. The molecule has 0 aliphatic heterocycles. The van der Waals surface area contributed by atoms with Gasteiger partial charge in [0.05, 0.1) is 0 Å². The van der Waals surface area contributed by atoms with Crippen LogP contribution in [0, 0.1) is 13.8 Å². The summed E-state index contributed by atoms with van der Waals surface area (Å²) < 4.78 is 0.860. The van der Waals surface area contributed by atoms with E-state index in [1.807, 2.05) is 19.0 Å². The number of anilines is 3. The lowest BCUT2D eigenvalue weighted by atomic mass is 10.1. The van der Waals surface area contributed by atoms with E-state index in [9.17, 15) is 0 Å². The minimum absolute atomic E-state index is 0.779. The zero-order valence-electron chi connectivity index (χ0n) is 11.5. The Labute approximate surface area is 122 Å². The van der Waals surface area contributed by atoms with Gasteiger partial charge in [0.25, 0.3) is 0 Å². The van der Waals surface area contributed by atoms with Crippen LogP contribution >= 0.6 is 15.9 Å². The van der Waals surface area contributed by atoms with Crippen LogP contribution in [0.4, 0.5) is 17.3 Å². The Morgan fingerprint density at radius 2 is 1.74 bits per heavy atom. The molecule has 0 spiro atoms. The van der Waals surface area contributed by atoms with E-state index in [0.29, 0.717) is 0 Å². The van der Waals surface area contributed by atoms with Crippen molar-refractivity contribution in [1.29, 1.82) is 0 Å². The molecule has 1 heterocycles. The van der Waals surface area contributed by atoms with E-state index in [2.05, 4.69) is 63.3 Å². The lowest BCUT2D eigenvalue weighted by Crippen LogP contribution is -2.13.